The number of hydroxylamine groups is 4. The average molecular weight is 426 g/mol. The van der Waals surface area contributed by atoms with Gasteiger partial charge in [0.15, 0.2) is 0 Å². The highest BCUT2D eigenvalue weighted by Gasteiger charge is 2.55. The molecule has 2 saturated heterocycles. The van der Waals surface area contributed by atoms with Gasteiger partial charge in [0, 0.05) is 66.5 Å². The SMILES string of the molecule is [CH]N1CCN([CH])CCN(CC(=O)O[N+]2(O)C(=O)CCC2=O)CCN(CC(=O)O)CC1. The number of aliphatic carboxylic acids is 1. The van der Waals surface area contributed by atoms with Gasteiger partial charge in [0.2, 0.25) is 0 Å². The Morgan fingerprint density at radius 2 is 1.23 bits per heavy atom. The summed E-state index contributed by atoms with van der Waals surface area (Å²) in [4.78, 5) is 56.1. The van der Waals surface area contributed by atoms with Crippen molar-refractivity contribution in [1.82, 2.24) is 19.6 Å². The van der Waals surface area contributed by atoms with Gasteiger partial charge in [-0.15, -0.1) is 0 Å². The maximum absolute atomic E-state index is 12.3. The maximum Gasteiger partial charge on any atom is 0.397 e. The molecule has 2 rings (SSSR count). The van der Waals surface area contributed by atoms with Gasteiger partial charge in [-0.2, -0.15) is 5.21 Å². The van der Waals surface area contributed by atoms with Gasteiger partial charge in [-0.05, 0) is 0 Å². The van der Waals surface area contributed by atoms with Crippen LogP contribution in [0.4, 0.5) is 0 Å². The normalized spacial score (nSPS) is 23.7. The molecule has 0 atom stereocenters. The molecular formula is C18H28N5O7+. The summed E-state index contributed by atoms with van der Waals surface area (Å²) >= 11 is 0. The molecule has 4 radical (unpaired) electrons. The van der Waals surface area contributed by atoms with Crippen molar-refractivity contribution in [2.45, 2.75) is 12.8 Å². The first-order valence-electron chi connectivity index (χ1n) is 9.67. The number of hydrogen-bond donors (Lipinski definition) is 2. The van der Waals surface area contributed by atoms with E-state index < -0.39 is 28.6 Å². The number of quaternary nitrogens is 1. The number of nitrogens with zero attached hydrogens (tertiary/aromatic N) is 5. The second-order valence-corrected chi connectivity index (χ2v) is 7.34. The third-order valence-corrected chi connectivity index (χ3v) is 4.99. The predicted molar refractivity (Wildman–Crippen MR) is 99.6 cm³/mol. The van der Waals surface area contributed by atoms with Crippen molar-refractivity contribution in [2.24, 2.45) is 0 Å². The van der Waals surface area contributed by atoms with Crippen LogP contribution in [0.15, 0.2) is 0 Å². The zero-order chi connectivity index (χ0) is 22.3. The van der Waals surface area contributed by atoms with E-state index in [1.54, 1.807) is 19.6 Å². The Morgan fingerprint density at radius 1 is 0.833 bits per heavy atom. The van der Waals surface area contributed by atoms with E-state index in [1.165, 1.54) is 0 Å². The summed E-state index contributed by atoms with van der Waals surface area (Å²) in [6, 6.07) is 0. The molecule has 0 aromatic heterocycles. The minimum Gasteiger partial charge on any atom is -0.480 e. The lowest BCUT2D eigenvalue weighted by Gasteiger charge is -2.31. The summed E-state index contributed by atoms with van der Waals surface area (Å²) in [7, 11) is 11.8. The van der Waals surface area contributed by atoms with Gasteiger partial charge in [0.25, 0.3) is 0 Å². The molecule has 12 nitrogen and oxygen atoms in total. The smallest absolute Gasteiger partial charge is 0.397 e. The van der Waals surface area contributed by atoms with Crippen molar-refractivity contribution in [3.63, 3.8) is 0 Å². The molecule has 0 aliphatic carbocycles. The highest BCUT2D eigenvalue weighted by Crippen LogP contribution is 2.20. The van der Waals surface area contributed by atoms with Gasteiger partial charge in [0.1, 0.15) is 11.4 Å². The van der Waals surface area contributed by atoms with Crippen molar-refractivity contribution >= 4 is 23.8 Å². The van der Waals surface area contributed by atoms with E-state index in [2.05, 4.69) is 0 Å². The first kappa shape index (κ1) is 24.3. The van der Waals surface area contributed by atoms with Crippen molar-refractivity contribution in [2.75, 3.05) is 65.4 Å². The highest BCUT2D eigenvalue weighted by atomic mass is 17.0. The lowest BCUT2D eigenvalue weighted by Crippen LogP contribution is -2.52. The standard InChI is InChI=1S/C18H27N5O7/c1-19-5-6-20(2)8-10-22(12-11-21(9-7-19)13-17(26)27)14-18(28)30-23(29)15(24)3-4-16(23)25/h1-2,29H,3-14H2/p+1. The fourth-order valence-corrected chi connectivity index (χ4v) is 3.15. The van der Waals surface area contributed by atoms with Crippen molar-refractivity contribution in [3.05, 3.63) is 14.1 Å². The molecule has 2 aliphatic heterocycles. The van der Waals surface area contributed by atoms with Crippen LogP contribution in [0.25, 0.3) is 0 Å². The summed E-state index contributed by atoms with van der Waals surface area (Å²) in [5, 5.41) is 19.2. The molecule has 0 unspecified atom stereocenters. The van der Waals surface area contributed by atoms with E-state index >= 15 is 0 Å². The fourth-order valence-electron chi connectivity index (χ4n) is 3.15. The number of rotatable bonds is 5. The van der Waals surface area contributed by atoms with Crippen LogP contribution in [-0.4, -0.2) is 124 Å². The number of hydrogen-bond acceptors (Lipinski definition) is 10. The van der Waals surface area contributed by atoms with E-state index in [0.29, 0.717) is 52.4 Å². The van der Waals surface area contributed by atoms with Crippen LogP contribution in [0.1, 0.15) is 12.8 Å². The van der Waals surface area contributed by atoms with E-state index in [-0.39, 0.29) is 25.9 Å². The van der Waals surface area contributed by atoms with Crippen LogP contribution in [0, 0.1) is 14.1 Å². The number of imide groups is 1. The Balaban J connectivity index is 2.01. The molecule has 0 aromatic rings. The minimum absolute atomic E-state index is 0.186. The topological polar surface area (TPSA) is 131 Å². The second kappa shape index (κ2) is 10.9. The molecule has 0 aromatic carbocycles. The summed E-state index contributed by atoms with van der Waals surface area (Å²) in [5.41, 5.74) is 0. The second-order valence-electron chi connectivity index (χ2n) is 7.34. The van der Waals surface area contributed by atoms with Gasteiger partial charge in [0.05, 0.1) is 19.4 Å². The van der Waals surface area contributed by atoms with Crippen molar-refractivity contribution in [3.8, 4) is 0 Å². The molecule has 30 heavy (non-hydrogen) atoms. The number of carbonyl (C=O) groups is 4. The summed E-state index contributed by atoms with van der Waals surface area (Å²) in [6.07, 6.45) is -0.395. The van der Waals surface area contributed by atoms with Gasteiger partial charge in [-0.25, -0.2) is 19.2 Å². The average Bonchev–Trinajstić information content (AvgIpc) is 2.91. The third kappa shape index (κ3) is 7.07. The lowest BCUT2D eigenvalue weighted by molar-refractivity contribution is -1.12. The van der Waals surface area contributed by atoms with Crippen LogP contribution < -0.4 is 0 Å². The van der Waals surface area contributed by atoms with Crippen LogP contribution in [0.2, 0.25) is 0 Å². The molecule has 166 valence electrons. The van der Waals surface area contributed by atoms with Gasteiger partial charge in [-0.3, -0.25) is 24.4 Å². The van der Waals surface area contributed by atoms with Crippen molar-refractivity contribution < 1.29 is 39.1 Å². The molecule has 0 saturated carbocycles. The Bertz CT molecular complexity index is 643. The van der Waals surface area contributed by atoms with Gasteiger partial charge in [-0.1, -0.05) is 0 Å². The Morgan fingerprint density at radius 3 is 1.70 bits per heavy atom. The summed E-state index contributed by atoms with van der Waals surface area (Å²) < 4.78 is 0. The molecule has 0 spiro atoms. The Kier molecular flexibility index (Phi) is 8.82. The van der Waals surface area contributed by atoms with E-state index in [1.807, 2.05) is 0 Å². The maximum atomic E-state index is 12.3. The van der Waals surface area contributed by atoms with E-state index in [9.17, 15) is 24.4 Å². The monoisotopic (exact) mass is 426 g/mol. The quantitative estimate of drug-likeness (QED) is 0.291. The van der Waals surface area contributed by atoms with Crippen LogP contribution in [0.3, 0.4) is 0 Å². The zero-order valence-electron chi connectivity index (χ0n) is 16.8. The lowest BCUT2D eigenvalue weighted by atomic mass is 10.3. The zero-order valence-corrected chi connectivity index (χ0v) is 16.8. The van der Waals surface area contributed by atoms with Crippen LogP contribution in [0.5, 0.6) is 0 Å². The van der Waals surface area contributed by atoms with E-state index in [0.717, 1.165) is 0 Å². The minimum atomic E-state index is -1.97. The molecule has 2 fully saturated rings. The number of carboxylic acids is 1. The number of carbonyl (C=O) groups excluding carboxylic acids is 3. The van der Waals surface area contributed by atoms with Gasteiger partial charge >= 0.3 is 23.8 Å². The van der Waals surface area contributed by atoms with Crippen LogP contribution >= 0.6 is 0 Å². The first-order valence-corrected chi connectivity index (χ1v) is 9.67. The first-order chi connectivity index (χ1) is 14.1. The number of carboxylic acid groups (broad SMARTS) is 1. The fraction of sp³-hybridized carbons (Fsp3) is 0.667. The molecule has 12 heteroatoms. The largest absolute Gasteiger partial charge is 0.480 e. The Hall–Kier alpha value is -1.96. The predicted octanol–water partition coefficient (Wildman–Crippen LogP) is -1.86. The molecule has 2 heterocycles. The summed E-state index contributed by atoms with van der Waals surface area (Å²) in [6.45, 7) is 2.66. The molecule has 2 amide bonds. The third-order valence-electron chi connectivity index (χ3n) is 4.99. The Labute approximate surface area is 175 Å². The van der Waals surface area contributed by atoms with Crippen LogP contribution in [-0.2, 0) is 24.0 Å². The van der Waals surface area contributed by atoms with E-state index in [4.69, 9.17) is 24.0 Å². The molecular weight excluding hydrogens is 398 g/mol. The van der Waals surface area contributed by atoms with Crippen molar-refractivity contribution in [1.29, 1.82) is 0 Å². The number of amides is 2. The highest BCUT2D eigenvalue weighted by molar-refractivity contribution is 5.91. The molecule has 0 bridgehead atoms. The summed E-state index contributed by atoms with van der Waals surface area (Å²) in [5.74, 6) is -3.72. The molecule has 2 N–H and O–H groups in total. The van der Waals surface area contributed by atoms with Gasteiger partial charge < -0.3 is 5.11 Å². The molecule has 2 aliphatic rings.